The summed E-state index contributed by atoms with van der Waals surface area (Å²) in [6.45, 7) is 4.59. The highest BCUT2D eigenvalue weighted by Crippen LogP contribution is 2.18. The molecule has 2 atom stereocenters. The average molecular weight is 257 g/mol. The first-order chi connectivity index (χ1) is 8.57. The highest BCUT2D eigenvalue weighted by molar-refractivity contribution is 5.82. The van der Waals surface area contributed by atoms with E-state index < -0.39 is 12.1 Å². The second-order valence-electron chi connectivity index (χ2n) is 5.22. The number of amides is 1. The lowest BCUT2D eigenvalue weighted by Gasteiger charge is -2.32. The van der Waals surface area contributed by atoms with Crippen molar-refractivity contribution in [2.75, 3.05) is 26.7 Å². The summed E-state index contributed by atoms with van der Waals surface area (Å²) in [5, 5.41) is 13.4. The maximum absolute atomic E-state index is 12.1. The van der Waals surface area contributed by atoms with E-state index in [-0.39, 0.29) is 11.8 Å². The third-order valence-corrected chi connectivity index (χ3v) is 3.74. The van der Waals surface area contributed by atoms with E-state index in [0.29, 0.717) is 6.54 Å². The van der Waals surface area contributed by atoms with Crippen molar-refractivity contribution in [2.45, 2.75) is 44.8 Å². The maximum Gasteiger partial charge on any atom is 0.241 e. The Morgan fingerprint density at radius 3 is 2.67 bits per heavy atom. The van der Waals surface area contributed by atoms with Gasteiger partial charge in [0.15, 0.2) is 0 Å². The molecule has 0 aliphatic carbocycles. The molecule has 4 N–H and O–H groups in total. The van der Waals surface area contributed by atoms with Crippen LogP contribution in [0.5, 0.6) is 0 Å². The lowest BCUT2D eigenvalue weighted by molar-refractivity contribution is -0.135. The number of nitrogens with zero attached hydrogens (tertiary/aromatic N) is 1. The maximum atomic E-state index is 12.1. The number of unbranched alkanes of at least 4 members (excludes halogenated alkanes) is 1. The van der Waals surface area contributed by atoms with Crippen LogP contribution in [0.2, 0.25) is 0 Å². The fraction of sp³-hybridized carbons (Fsp3) is 0.923. The van der Waals surface area contributed by atoms with Crippen molar-refractivity contribution in [3.63, 3.8) is 0 Å². The predicted octanol–water partition coefficient (Wildman–Crippen LogP) is -0.0673. The summed E-state index contributed by atoms with van der Waals surface area (Å²) < 4.78 is 0. The van der Waals surface area contributed by atoms with Crippen LogP contribution in [-0.2, 0) is 4.79 Å². The zero-order chi connectivity index (χ0) is 13.5. The molecule has 0 saturated carbocycles. The third kappa shape index (κ3) is 4.23. The van der Waals surface area contributed by atoms with E-state index in [1.807, 2.05) is 0 Å². The van der Waals surface area contributed by atoms with Crippen LogP contribution < -0.4 is 11.1 Å². The number of rotatable bonds is 6. The van der Waals surface area contributed by atoms with E-state index in [1.165, 1.54) is 0 Å². The summed E-state index contributed by atoms with van der Waals surface area (Å²) in [6, 6.07) is -0.782. The summed E-state index contributed by atoms with van der Waals surface area (Å²) >= 11 is 0. The van der Waals surface area contributed by atoms with Gasteiger partial charge in [0.25, 0.3) is 0 Å². The van der Waals surface area contributed by atoms with Crippen LogP contribution in [-0.4, -0.2) is 54.7 Å². The van der Waals surface area contributed by atoms with Crippen LogP contribution in [0, 0.1) is 5.92 Å². The van der Waals surface area contributed by atoms with Gasteiger partial charge in [-0.2, -0.15) is 0 Å². The predicted molar refractivity (Wildman–Crippen MR) is 72.1 cm³/mol. The molecule has 0 aromatic carbocycles. The minimum absolute atomic E-state index is 0.143. The van der Waals surface area contributed by atoms with Gasteiger partial charge >= 0.3 is 0 Å². The molecule has 18 heavy (non-hydrogen) atoms. The summed E-state index contributed by atoms with van der Waals surface area (Å²) in [6.07, 6.45) is 3.08. The first-order valence-electron chi connectivity index (χ1n) is 6.97. The number of nitrogens with one attached hydrogen (secondary N) is 1. The van der Waals surface area contributed by atoms with Crippen LogP contribution >= 0.6 is 0 Å². The molecule has 0 spiro atoms. The van der Waals surface area contributed by atoms with E-state index in [0.717, 1.165) is 38.8 Å². The van der Waals surface area contributed by atoms with Gasteiger partial charge in [0.2, 0.25) is 5.91 Å². The molecule has 1 aliphatic heterocycles. The summed E-state index contributed by atoms with van der Waals surface area (Å²) in [4.78, 5) is 13.7. The van der Waals surface area contributed by atoms with Crippen molar-refractivity contribution < 1.29 is 9.90 Å². The van der Waals surface area contributed by atoms with Gasteiger partial charge in [-0.05, 0) is 38.3 Å². The van der Waals surface area contributed by atoms with Gasteiger partial charge in [-0.3, -0.25) is 4.79 Å². The number of carbonyl (C=O) groups is 1. The van der Waals surface area contributed by atoms with E-state index in [4.69, 9.17) is 5.73 Å². The van der Waals surface area contributed by atoms with Crippen LogP contribution in [0.15, 0.2) is 0 Å². The Morgan fingerprint density at radius 2 is 2.11 bits per heavy atom. The fourth-order valence-corrected chi connectivity index (χ4v) is 2.39. The monoisotopic (exact) mass is 257 g/mol. The zero-order valence-electron chi connectivity index (χ0n) is 11.6. The van der Waals surface area contributed by atoms with Gasteiger partial charge < -0.3 is 21.1 Å². The molecule has 0 aromatic rings. The van der Waals surface area contributed by atoms with Gasteiger partial charge in [0.05, 0.1) is 6.10 Å². The molecule has 0 bridgehead atoms. The highest BCUT2D eigenvalue weighted by Gasteiger charge is 2.32. The molecule has 1 aliphatic rings. The largest absolute Gasteiger partial charge is 0.391 e. The van der Waals surface area contributed by atoms with Crippen molar-refractivity contribution in [3.8, 4) is 0 Å². The van der Waals surface area contributed by atoms with E-state index in [9.17, 15) is 9.90 Å². The SMILES string of the molecule is CCCCN(C)C(=O)[C@H](N)[C@@H](O)C1CCNCC1. The smallest absolute Gasteiger partial charge is 0.241 e. The molecule has 0 unspecified atom stereocenters. The molecule has 1 rings (SSSR count). The van der Waals surface area contributed by atoms with Crippen molar-refractivity contribution in [2.24, 2.45) is 11.7 Å². The number of likely N-dealkylation sites (N-methyl/N-ethyl adjacent to an activating group) is 1. The molecule has 5 heteroatoms. The molecule has 106 valence electrons. The number of piperidine rings is 1. The molecule has 1 amide bonds. The Bertz CT molecular complexity index is 255. The van der Waals surface area contributed by atoms with Crippen molar-refractivity contribution >= 4 is 5.91 Å². The highest BCUT2D eigenvalue weighted by atomic mass is 16.3. The second kappa shape index (κ2) is 7.71. The van der Waals surface area contributed by atoms with Crippen LogP contribution in [0.3, 0.4) is 0 Å². The Labute approximate surface area is 110 Å². The Balaban J connectivity index is 2.45. The van der Waals surface area contributed by atoms with E-state index >= 15 is 0 Å². The lowest BCUT2D eigenvalue weighted by Crippen LogP contribution is -2.52. The summed E-state index contributed by atoms with van der Waals surface area (Å²) in [5.41, 5.74) is 5.90. The quantitative estimate of drug-likeness (QED) is 0.622. The average Bonchev–Trinajstić information content (AvgIpc) is 2.43. The van der Waals surface area contributed by atoms with Crippen molar-refractivity contribution in [1.29, 1.82) is 0 Å². The molecule has 1 heterocycles. The Hall–Kier alpha value is -0.650. The molecular weight excluding hydrogens is 230 g/mol. The first kappa shape index (κ1) is 15.4. The van der Waals surface area contributed by atoms with Crippen LogP contribution in [0.25, 0.3) is 0 Å². The molecular formula is C13H27N3O2. The molecule has 1 fully saturated rings. The van der Waals surface area contributed by atoms with Crippen LogP contribution in [0.4, 0.5) is 0 Å². The topological polar surface area (TPSA) is 78.6 Å². The second-order valence-corrected chi connectivity index (χ2v) is 5.22. The van der Waals surface area contributed by atoms with Gasteiger partial charge in [-0.15, -0.1) is 0 Å². The number of nitrogens with two attached hydrogens (primary N) is 1. The number of aliphatic hydroxyl groups excluding tert-OH is 1. The van der Waals surface area contributed by atoms with E-state index in [1.54, 1.807) is 11.9 Å². The lowest BCUT2D eigenvalue weighted by atomic mass is 9.88. The normalized spacial score (nSPS) is 20.4. The van der Waals surface area contributed by atoms with Gasteiger partial charge in [0.1, 0.15) is 6.04 Å². The molecule has 5 nitrogen and oxygen atoms in total. The summed E-state index contributed by atoms with van der Waals surface area (Å²) in [7, 11) is 1.76. The number of aliphatic hydroxyl groups is 1. The van der Waals surface area contributed by atoms with Crippen molar-refractivity contribution in [1.82, 2.24) is 10.2 Å². The van der Waals surface area contributed by atoms with Crippen molar-refractivity contribution in [3.05, 3.63) is 0 Å². The molecule has 0 radical (unpaired) electrons. The Morgan fingerprint density at radius 1 is 1.50 bits per heavy atom. The van der Waals surface area contributed by atoms with Gasteiger partial charge in [-0.1, -0.05) is 13.3 Å². The number of carbonyl (C=O) groups excluding carboxylic acids is 1. The van der Waals surface area contributed by atoms with Crippen LogP contribution in [0.1, 0.15) is 32.6 Å². The third-order valence-electron chi connectivity index (χ3n) is 3.74. The van der Waals surface area contributed by atoms with Gasteiger partial charge in [0, 0.05) is 13.6 Å². The Kier molecular flexibility index (Phi) is 6.60. The number of hydrogen-bond acceptors (Lipinski definition) is 4. The first-order valence-corrected chi connectivity index (χ1v) is 6.97. The van der Waals surface area contributed by atoms with Gasteiger partial charge in [-0.25, -0.2) is 0 Å². The number of hydrogen-bond donors (Lipinski definition) is 3. The molecule has 1 saturated heterocycles. The minimum atomic E-state index is -0.782. The van der Waals surface area contributed by atoms with E-state index in [2.05, 4.69) is 12.2 Å². The zero-order valence-corrected chi connectivity index (χ0v) is 11.6. The fourth-order valence-electron chi connectivity index (χ4n) is 2.39. The summed E-state index contributed by atoms with van der Waals surface area (Å²) in [5.74, 6) is -0.000687. The minimum Gasteiger partial charge on any atom is -0.391 e. The molecule has 0 aromatic heterocycles. The standard InChI is InChI=1S/C13H27N3O2/c1-3-4-9-16(2)13(18)11(14)12(17)10-5-7-15-8-6-10/h10-12,15,17H,3-9,14H2,1-2H3/t11-,12+/m1/s1.